The zero-order chi connectivity index (χ0) is 7.28. The number of hydrogen-bond donors (Lipinski definition) is 1. The molecule has 0 aromatic rings. The fourth-order valence-electron chi connectivity index (χ4n) is 0.507. The second-order valence-electron chi connectivity index (χ2n) is 1.95. The zero-order valence-electron chi connectivity index (χ0n) is 5.43. The molecule has 0 aliphatic carbocycles. The summed E-state index contributed by atoms with van der Waals surface area (Å²) in [4.78, 5) is 10.4. The summed E-state index contributed by atoms with van der Waals surface area (Å²) in [7, 11) is 0. The maximum Gasteiger partial charge on any atom is 0.203 e. The van der Waals surface area contributed by atoms with E-state index in [9.17, 15) is 4.79 Å². The number of halogens is 1. The molecule has 0 aliphatic rings. The molecule has 0 saturated heterocycles. The molecule has 1 nitrogen and oxygen atoms in total. The van der Waals surface area contributed by atoms with Gasteiger partial charge in [0.25, 0.3) is 0 Å². The number of hydrogen-bond acceptors (Lipinski definition) is 1. The average molecular weight is 167 g/mol. The fraction of sp³-hybridized carbons (Fsp3) is 0.833. The number of alkyl halides is 1. The van der Waals surface area contributed by atoms with Crippen LogP contribution in [0.25, 0.3) is 0 Å². The monoisotopic (exact) mass is 166 g/mol. The minimum Gasteiger partial charge on any atom is -0.286 e. The molecule has 0 aromatic heterocycles. The van der Waals surface area contributed by atoms with E-state index in [1.165, 1.54) is 0 Å². The summed E-state index contributed by atoms with van der Waals surface area (Å²) < 4.78 is 0. The van der Waals surface area contributed by atoms with Crippen LogP contribution in [0, 0.1) is 0 Å². The largest absolute Gasteiger partial charge is 0.286 e. The van der Waals surface area contributed by atoms with Gasteiger partial charge in [-0.3, -0.25) is 4.79 Å². The van der Waals surface area contributed by atoms with Crippen LogP contribution in [0.15, 0.2) is 0 Å². The van der Waals surface area contributed by atoms with Crippen molar-refractivity contribution in [2.45, 2.75) is 31.6 Å². The number of thiol groups is 1. The Balaban J connectivity index is 3.27. The van der Waals surface area contributed by atoms with Gasteiger partial charge in [-0.05, 0) is 6.42 Å². The van der Waals surface area contributed by atoms with E-state index in [0.29, 0.717) is 0 Å². The van der Waals surface area contributed by atoms with E-state index in [2.05, 4.69) is 19.6 Å². The molecule has 0 amide bonds. The van der Waals surface area contributed by atoms with Gasteiger partial charge in [0, 0.05) is 0 Å². The van der Waals surface area contributed by atoms with Crippen LogP contribution in [0.3, 0.4) is 0 Å². The van der Waals surface area contributed by atoms with Gasteiger partial charge >= 0.3 is 0 Å². The highest BCUT2D eigenvalue weighted by Crippen LogP contribution is 2.09. The van der Waals surface area contributed by atoms with Crippen molar-refractivity contribution >= 4 is 29.3 Å². The highest BCUT2D eigenvalue weighted by molar-refractivity contribution is 7.97. The Morgan fingerprint density at radius 2 is 2.33 bits per heavy atom. The average Bonchev–Trinajstić information content (AvgIpc) is 1.82. The van der Waals surface area contributed by atoms with Crippen molar-refractivity contribution in [3.8, 4) is 0 Å². The molecule has 0 bridgehead atoms. The van der Waals surface area contributed by atoms with Crippen molar-refractivity contribution in [2.75, 3.05) is 0 Å². The maximum atomic E-state index is 10.4. The van der Waals surface area contributed by atoms with Gasteiger partial charge in [-0.25, -0.2) is 0 Å². The highest BCUT2D eigenvalue weighted by atomic mass is 35.5. The second-order valence-corrected chi connectivity index (χ2v) is 2.92. The van der Waals surface area contributed by atoms with Gasteiger partial charge in [0.1, 0.15) is 5.38 Å². The normalized spacial score (nSPS) is 13.2. The molecule has 0 radical (unpaired) electrons. The first-order chi connectivity index (χ1) is 4.18. The Bertz CT molecular complexity index is 95.1. The van der Waals surface area contributed by atoms with Gasteiger partial charge in [0.15, 0.2) is 0 Å². The molecule has 0 aliphatic heterocycles. The van der Waals surface area contributed by atoms with Crippen molar-refractivity contribution in [3.63, 3.8) is 0 Å². The van der Waals surface area contributed by atoms with E-state index in [-0.39, 0.29) is 10.5 Å². The van der Waals surface area contributed by atoms with Crippen LogP contribution >= 0.6 is 24.2 Å². The predicted molar refractivity (Wildman–Crippen MR) is 43.2 cm³/mol. The molecular weight excluding hydrogens is 156 g/mol. The smallest absolute Gasteiger partial charge is 0.203 e. The van der Waals surface area contributed by atoms with Gasteiger partial charge in [-0.15, -0.1) is 24.2 Å². The Hall–Kier alpha value is 0.310. The standard InChI is InChI=1S/C6H11ClOS/c1-2-3-4-5(7)6(8)9/h5H,2-4H2,1H3,(H,8,9). The first kappa shape index (κ1) is 9.31. The Labute approximate surface area is 66.2 Å². The third kappa shape index (κ3) is 4.79. The lowest BCUT2D eigenvalue weighted by Crippen LogP contribution is -2.06. The van der Waals surface area contributed by atoms with Gasteiger partial charge in [-0.2, -0.15) is 0 Å². The molecule has 1 atom stereocenters. The summed E-state index contributed by atoms with van der Waals surface area (Å²) in [6.45, 7) is 2.06. The number of unbranched alkanes of at least 4 members (excludes halogenated alkanes) is 1. The Morgan fingerprint density at radius 1 is 1.78 bits per heavy atom. The van der Waals surface area contributed by atoms with E-state index < -0.39 is 0 Å². The Kier molecular flexibility index (Phi) is 5.30. The minimum absolute atomic E-state index is 0.217. The molecule has 0 rings (SSSR count). The summed E-state index contributed by atoms with van der Waals surface area (Å²) in [6, 6.07) is 0. The van der Waals surface area contributed by atoms with Crippen molar-refractivity contribution < 1.29 is 4.79 Å². The number of carbonyl (C=O) groups is 1. The first-order valence-corrected chi connectivity index (χ1v) is 3.93. The molecule has 0 heterocycles. The lowest BCUT2D eigenvalue weighted by atomic mass is 10.2. The van der Waals surface area contributed by atoms with Crippen LogP contribution in [-0.2, 0) is 4.79 Å². The number of carbonyl (C=O) groups excluding carboxylic acids is 1. The lowest BCUT2D eigenvalue weighted by Gasteiger charge is -2.00. The van der Waals surface area contributed by atoms with E-state index in [0.717, 1.165) is 19.3 Å². The summed E-state index contributed by atoms with van der Waals surface area (Å²) in [6.07, 6.45) is 2.82. The number of rotatable bonds is 4. The minimum atomic E-state index is -0.381. The molecule has 0 N–H and O–H groups in total. The van der Waals surface area contributed by atoms with Crippen molar-refractivity contribution in [2.24, 2.45) is 0 Å². The van der Waals surface area contributed by atoms with Gasteiger partial charge < -0.3 is 0 Å². The van der Waals surface area contributed by atoms with Crippen molar-refractivity contribution in [1.29, 1.82) is 0 Å². The van der Waals surface area contributed by atoms with Crippen LogP contribution in [0.5, 0.6) is 0 Å². The van der Waals surface area contributed by atoms with E-state index >= 15 is 0 Å². The van der Waals surface area contributed by atoms with E-state index in [1.54, 1.807) is 0 Å². The van der Waals surface area contributed by atoms with E-state index in [4.69, 9.17) is 11.6 Å². The topological polar surface area (TPSA) is 17.1 Å². The van der Waals surface area contributed by atoms with Gasteiger partial charge in [0.2, 0.25) is 5.12 Å². The predicted octanol–water partition coefficient (Wildman–Crippen LogP) is 2.24. The molecule has 0 aromatic carbocycles. The van der Waals surface area contributed by atoms with Crippen molar-refractivity contribution in [1.82, 2.24) is 0 Å². The van der Waals surface area contributed by atoms with Gasteiger partial charge in [-0.1, -0.05) is 19.8 Å². The molecule has 1 unspecified atom stereocenters. The molecule has 0 fully saturated rings. The third-order valence-corrected chi connectivity index (χ3v) is 1.96. The van der Waals surface area contributed by atoms with Crippen LogP contribution in [0.2, 0.25) is 0 Å². The first-order valence-electron chi connectivity index (χ1n) is 3.05. The summed E-state index contributed by atoms with van der Waals surface area (Å²) in [5, 5.41) is -0.599. The molecule has 0 spiro atoms. The van der Waals surface area contributed by atoms with Crippen LogP contribution in [0.4, 0.5) is 0 Å². The van der Waals surface area contributed by atoms with Gasteiger partial charge in [0.05, 0.1) is 0 Å². The zero-order valence-corrected chi connectivity index (χ0v) is 7.08. The third-order valence-electron chi connectivity index (χ3n) is 1.08. The molecule has 9 heavy (non-hydrogen) atoms. The molecule has 3 heteroatoms. The van der Waals surface area contributed by atoms with E-state index in [1.807, 2.05) is 0 Å². The SMILES string of the molecule is CCCCC(Cl)C(=O)S. The van der Waals surface area contributed by atoms with Crippen molar-refractivity contribution in [3.05, 3.63) is 0 Å². The maximum absolute atomic E-state index is 10.4. The van der Waals surface area contributed by atoms with Crippen LogP contribution in [0.1, 0.15) is 26.2 Å². The Morgan fingerprint density at radius 3 is 2.67 bits per heavy atom. The summed E-state index contributed by atoms with van der Waals surface area (Å²) in [5.41, 5.74) is 0. The molecular formula is C6H11ClOS. The van der Waals surface area contributed by atoms with Crippen LogP contribution < -0.4 is 0 Å². The highest BCUT2D eigenvalue weighted by Gasteiger charge is 2.08. The molecule has 54 valence electrons. The summed E-state index contributed by atoms with van der Waals surface area (Å²) in [5.74, 6) is 0. The quantitative estimate of drug-likeness (QED) is 0.501. The second kappa shape index (κ2) is 5.12. The molecule has 0 saturated carbocycles. The summed E-state index contributed by atoms with van der Waals surface area (Å²) >= 11 is 9.16. The van der Waals surface area contributed by atoms with Crippen LogP contribution in [-0.4, -0.2) is 10.5 Å². The fourth-order valence-corrected chi connectivity index (χ4v) is 0.790. The lowest BCUT2D eigenvalue weighted by molar-refractivity contribution is -0.110.